The molecule has 3 heteroatoms. The maximum Gasteiger partial charge on any atom is 0.333 e. The van der Waals surface area contributed by atoms with Crippen LogP contribution in [0.15, 0.2) is 72.8 Å². The smallest absolute Gasteiger partial charge is 0.333 e. The molecule has 0 N–H and O–H groups in total. The second-order valence-electron chi connectivity index (χ2n) is 6.12. The van der Waals surface area contributed by atoms with Crippen molar-refractivity contribution in [1.82, 2.24) is 0 Å². The van der Waals surface area contributed by atoms with Crippen molar-refractivity contribution in [3.8, 4) is 0 Å². The first-order valence-electron chi connectivity index (χ1n) is 8.30. The zero-order chi connectivity index (χ0) is 17.8. The lowest BCUT2D eigenvalue weighted by Crippen LogP contribution is -2.12. The predicted octanol–water partition coefficient (Wildman–Crippen LogP) is 4.31. The maximum absolute atomic E-state index is 12.7. The van der Waals surface area contributed by atoms with Crippen LogP contribution in [0.3, 0.4) is 0 Å². The van der Waals surface area contributed by atoms with E-state index in [2.05, 4.69) is 6.58 Å². The fraction of sp³-hybridized carbons (Fsp3) is 0.182. The summed E-state index contributed by atoms with van der Waals surface area (Å²) in [7, 11) is 0. The molecule has 126 valence electrons. The number of ether oxygens (including phenoxy) is 1. The van der Waals surface area contributed by atoms with E-state index in [0.29, 0.717) is 5.57 Å². The molecule has 2 aromatic rings. The van der Waals surface area contributed by atoms with Gasteiger partial charge in [-0.3, -0.25) is 4.79 Å². The van der Waals surface area contributed by atoms with Gasteiger partial charge in [0.25, 0.3) is 0 Å². The van der Waals surface area contributed by atoms with E-state index in [4.69, 9.17) is 4.74 Å². The van der Waals surface area contributed by atoms with Gasteiger partial charge in [-0.15, -0.1) is 0 Å². The van der Waals surface area contributed by atoms with Gasteiger partial charge in [0.1, 0.15) is 5.78 Å². The van der Waals surface area contributed by atoms with Crippen LogP contribution in [0.2, 0.25) is 0 Å². The number of benzene rings is 2. The molecule has 2 aromatic carbocycles. The van der Waals surface area contributed by atoms with E-state index in [1.807, 2.05) is 60.7 Å². The third-order valence-electron chi connectivity index (χ3n) is 4.21. The number of carbonyl (C=O) groups is 2. The highest BCUT2D eigenvalue weighted by Crippen LogP contribution is 2.53. The van der Waals surface area contributed by atoms with Crippen LogP contribution in [0, 0.1) is 5.92 Å². The summed E-state index contributed by atoms with van der Waals surface area (Å²) in [6.07, 6.45) is 0.205. The number of carbonyl (C=O) groups excluding carboxylic acids is 2. The molecule has 0 aromatic heterocycles. The highest BCUT2D eigenvalue weighted by Gasteiger charge is 2.42. The molecule has 0 fully saturated rings. The van der Waals surface area contributed by atoms with Crippen molar-refractivity contribution in [2.75, 3.05) is 6.61 Å². The fourth-order valence-electron chi connectivity index (χ4n) is 2.94. The summed E-state index contributed by atoms with van der Waals surface area (Å²) < 4.78 is 5.06. The predicted molar refractivity (Wildman–Crippen MR) is 98.6 cm³/mol. The van der Waals surface area contributed by atoms with Crippen LogP contribution in [0.4, 0.5) is 0 Å². The summed E-state index contributed by atoms with van der Waals surface area (Å²) >= 11 is 0. The monoisotopic (exact) mass is 332 g/mol. The third kappa shape index (κ3) is 3.77. The lowest BCUT2D eigenvalue weighted by atomic mass is 10.0. The molecule has 0 aliphatic heterocycles. The van der Waals surface area contributed by atoms with Crippen LogP contribution in [0.1, 0.15) is 24.5 Å². The Hall–Kier alpha value is -2.94. The van der Waals surface area contributed by atoms with Crippen molar-refractivity contribution in [2.24, 2.45) is 5.92 Å². The Morgan fingerprint density at radius 3 is 1.84 bits per heavy atom. The summed E-state index contributed by atoms with van der Waals surface area (Å²) in [5.41, 5.74) is 4.62. The van der Waals surface area contributed by atoms with E-state index in [1.165, 1.54) is 0 Å². The number of hydrogen-bond acceptors (Lipinski definition) is 3. The van der Waals surface area contributed by atoms with Crippen molar-refractivity contribution in [3.05, 3.63) is 83.9 Å². The van der Waals surface area contributed by atoms with Crippen LogP contribution in [-0.2, 0) is 14.3 Å². The van der Waals surface area contributed by atoms with Gasteiger partial charge in [-0.25, -0.2) is 4.79 Å². The first-order valence-corrected chi connectivity index (χ1v) is 8.30. The number of allylic oxidation sites excluding steroid dienone is 2. The van der Waals surface area contributed by atoms with Crippen LogP contribution < -0.4 is 0 Å². The molecule has 0 heterocycles. The lowest BCUT2D eigenvalue weighted by Gasteiger charge is -2.05. The number of Topliss-reactive ketones (excluding diaryl/α,β-unsaturated/α-hetero) is 1. The molecule has 25 heavy (non-hydrogen) atoms. The van der Waals surface area contributed by atoms with Gasteiger partial charge in [0, 0.05) is 12.0 Å². The molecule has 0 unspecified atom stereocenters. The Morgan fingerprint density at radius 2 is 1.40 bits per heavy atom. The second kappa shape index (κ2) is 7.31. The standard InChI is InChI=1S/C22H20O3/c1-15(2)22(24)25-14-13-18(23)21-19(16-9-5-3-6-10-16)20(21)17-11-7-4-8-12-17/h3-12,21H,1,13-14H2,2H3. The molecule has 0 saturated carbocycles. The molecule has 1 aliphatic rings. The normalized spacial score (nSPS) is 13.5. The summed E-state index contributed by atoms with van der Waals surface area (Å²) in [6.45, 7) is 5.22. The summed E-state index contributed by atoms with van der Waals surface area (Å²) in [5, 5.41) is 0. The van der Waals surface area contributed by atoms with Gasteiger partial charge in [0.2, 0.25) is 0 Å². The zero-order valence-corrected chi connectivity index (χ0v) is 14.2. The van der Waals surface area contributed by atoms with E-state index >= 15 is 0 Å². The molecule has 0 saturated heterocycles. The number of ketones is 1. The van der Waals surface area contributed by atoms with Gasteiger partial charge < -0.3 is 4.74 Å². The third-order valence-corrected chi connectivity index (χ3v) is 4.21. The van der Waals surface area contributed by atoms with Gasteiger partial charge in [0.15, 0.2) is 0 Å². The molecule has 3 rings (SSSR count). The Kier molecular flexibility index (Phi) is 4.94. The molecule has 0 atom stereocenters. The summed E-state index contributed by atoms with van der Waals surface area (Å²) in [4.78, 5) is 24.1. The minimum Gasteiger partial charge on any atom is -0.462 e. The highest BCUT2D eigenvalue weighted by atomic mass is 16.5. The molecule has 3 nitrogen and oxygen atoms in total. The molecule has 0 amide bonds. The SMILES string of the molecule is C=C(C)C(=O)OCCC(=O)C1C(c2ccccc2)=C1c1ccccc1. The van der Waals surface area contributed by atoms with E-state index in [-0.39, 0.29) is 24.7 Å². The molecule has 0 bridgehead atoms. The van der Waals surface area contributed by atoms with E-state index in [0.717, 1.165) is 22.3 Å². The van der Waals surface area contributed by atoms with Gasteiger partial charge in [-0.05, 0) is 29.2 Å². The average molecular weight is 332 g/mol. The van der Waals surface area contributed by atoms with Gasteiger partial charge in [0.05, 0.1) is 12.5 Å². The topological polar surface area (TPSA) is 43.4 Å². The quantitative estimate of drug-likeness (QED) is 0.561. The van der Waals surface area contributed by atoms with E-state index in [9.17, 15) is 9.59 Å². The Bertz CT molecular complexity index is 783. The van der Waals surface area contributed by atoms with Gasteiger partial charge in [-0.1, -0.05) is 67.2 Å². The zero-order valence-electron chi connectivity index (χ0n) is 14.2. The highest BCUT2D eigenvalue weighted by molar-refractivity contribution is 6.23. The van der Waals surface area contributed by atoms with Gasteiger partial charge in [-0.2, -0.15) is 0 Å². The van der Waals surface area contributed by atoms with Crippen LogP contribution in [-0.4, -0.2) is 18.4 Å². The first kappa shape index (κ1) is 16.9. The molecule has 1 aliphatic carbocycles. The Morgan fingerprint density at radius 1 is 0.920 bits per heavy atom. The van der Waals surface area contributed by atoms with Gasteiger partial charge >= 0.3 is 5.97 Å². The lowest BCUT2D eigenvalue weighted by molar-refractivity contribution is -0.139. The molecular formula is C22H20O3. The van der Waals surface area contributed by atoms with Crippen molar-refractivity contribution >= 4 is 22.9 Å². The minimum atomic E-state index is -0.455. The van der Waals surface area contributed by atoms with Crippen molar-refractivity contribution < 1.29 is 14.3 Å². The van der Waals surface area contributed by atoms with Crippen molar-refractivity contribution in [2.45, 2.75) is 13.3 Å². The van der Waals surface area contributed by atoms with Crippen molar-refractivity contribution in [1.29, 1.82) is 0 Å². The Balaban J connectivity index is 1.74. The number of hydrogen-bond donors (Lipinski definition) is 0. The van der Waals surface area contributed by atoms with Crippen molar-refractivity contribution in [3.63, 3.8) is 0 Å². The van der Waals surface area contributed by atoms with Crippen LogP contribution in [0.5, 0.6) is 0 Å². The number of esters is 1. The Labute approximate surface area is 147 Å². The molecular weight excluding hydrogens is 312 g/mol. The second-order valence-corrected chi connectivity index (χ2v) is 6.12. The molecule has 0 spiro atoms. The van der Waals surface area contributed by atoms with E-state index < -0.39 is 5.97 Å². The fourth-order valence-corrected chi connectivity index (χ4v) is 2.94. The summed E-state index contributed by atoms with van der Waals surface area (Å²) in [6, 6.07) is 19.9. The maximum atomic E-state index is 12.7. The average Bonchev–Trinajstić information content (AvgIpc) is 3.38. The molecule has 0 radical (unpaired) electrons. The van der Waals surface area contributed by atoms with E-state index in [1.54, 1.807) is 6.92 Å². The van der Waals surface area contributed by atoms with Crippen LogP contribution in [0.25, 0.3) is 11.1 Å². The van der Waals surface area contributed by atoms with Crippen LogP contribution >= 0.6 is 0 Å². The minimum absolute atomic E-state index is 0.0761. The largest absolute Gasteiger partial charge is 0.462 e. The first-order chi connectivity index (χ1) is 12.1. The summed E-state index contributed by atoms with van der Waals surface area (Å²) in [5.74, 6) is -0.594. The number of rotatable bonds is 7.